The molecule has 0 amide bonds. The third kappa shape index (κ3) is 2.26. The number of benzene rings is 2. The summed E-state index contributed by atoms with van der Waals surface area (Å²) in [5.41, 5.74) is 4.19. The molecule has 0 bridgehead atoms. The summed E-state index contributed by atoms with van der Waals surface area (Å²) in [7, 11) is 0. The summed E-state index contributed by atoms with van der Waals surface area (Å²) in [6.07, 6.45) is 0. The number of aromatic nitrogens is 1. The molecule has 1 aliphatic heterocycles. The van der Waals surface area contributed by atoms with Gasteiger partial charge >= 0.3 is 0 Å². The van der Waals surface area contributed by atoms with Crippen molar-refractivity contribution < 1.29 is 4.79 Å². The molecule has 1 saturated heterocycles. The molecule has 1 unspecified atom stereocenters. The molecule has 1 N–H and O–H groups in total. The van der Waals surface area contributed by atoms with E-state index in [9.17, 15) is 4.79 Å². The van der Waals surface area contributed by atoms with Gasteiger partial charge in [-0.1, -0.05) is 35.9 Å². The molecule has 3 aromatic rings. The summed E-state index contributed by atoms with van der Waals surface area (Å²) in [6, 6.07) is 13.8. The summed E-state index contributed by atoms with van der Waals surface area (Å²) in [5, 5.41) is 4.96. The minimum Gasteiger partial charge on any atom is -0.353 e. The summed E-state index contributed by atoms with van der Waals surface area (Å²) < 4.78 is 0. The lowest BCUT2D eigenvalue weighted by molar-refractivity contribution is 0.104. The van der Waals surface area contributed by atoms with Crippen molar-refractivity contribution >= 4 is 34.1 Å². The van der Waals surface area contributed by atoms with E-state index in [1.165, 1.54) is 0 Å². The number of hydrogen-bond acceptors (Lipinski definition) is 4. The van der Waals surface area contributed by atoms with Crippen LogP contribution in [0.4, 0.5) is 5.82 Å². The molecular weight excluding hydrogens is 346 g/mol. The highest BCUT2D eigenvalue weighted by atomic mass is 35.5. The molecule has 0 radical (unpaired) electrons. The van der Waals surface area contributed by atoms with Gasteiger partial charge in [0.05, 0.1) is 5.52 Å². The highest BCUT2D eigenvalue weighted by Gasteiger charge is 2.34. The number of anilines is 1. The smallest absolute Gasteiger partial charge is 0.195 e. The van der Waals surface area contributed by atoms with Crippen LogP contribution in [0, 0.1) is 0 Å². The Kier molecular flexibility index (Phi) is 3.52. The van der Waals surface area contributed by atoms with E-state index in [1.807, 2.05) is 36.4 Å². The van der Waals surface area contributed by atoms with E-state index in [2.05, 4.69) is 17.1 Å². The van der Waals surface area contributed by atoms with Gasteiger partial charge < -0.3 is 10.2 Å². The van der Waals surface area contributed by atoms with E-state index in [0.717, 1.165) is 53.0 Å². The molecule has 0 spiro atoms. The fourth-order valence-corrected chi connectivity index (χ4v) is 4.27. The largest absolute Gasteiger partial charge is 0.353 e. The molecule has 1 atom stereocenters. The van der Waals surface area contributed by atoms with Gasteiger partial charge in [0.1, 0.15) is 5.82 Å². The minimum absolute atomic E-state index is 0.0422. The number of pyridine rings is 1. The number of nitrogens with one attached hydrogen (secondary N) is 1. The van der Waals surface area contributed by atoms with Crippen LogP contribution in [0.1, 0.15) is 22.8 Å². The van der Waals surface area contributed by atoms with Crippen LogP contribution in [0.2, 0.25) is 5.02 Å². The Morgan fingerprint density at radius 2 is 2.00 bits per heavy atom. The maximum atomic E-state index is 13.2. The van der Waals surface area contributed by atoms with Crippen molar-refractivity contribution in [2.45, 2.75) is 13.0 Å². The van der Waals surface area contributed by atoms with E-state index in [0.29, 0.717) is 16.6 Å². The average Bonchev–Trinajstić information content (AvgIpc) is 2.94. The van der Waals surface area contributed by atoms with Crippen molar-refractivity contribution in [1.29, 1.82) is 0 Å². The zero-order chi connectivity index (χ0) is 17.8. The van der Waals surface area contributed by atoms with Crippen LogP contribution in [-0.4, -0.2) is 36.4 Å². The Labute approximate surface area is 156 Å². The van der Waals surface area contributed by atoms with Gasteiger partial charge in [-0.15, -0.1) is 0 Å². The number of ketones is 1. The second-order valence-electron chi connectivity index (χ2n) is 7.02. The van der Waals surface area contributed by atoms with Gasteiger partial charge in [-0.25, -0.2) is 4.98 Å². The van der Waals surface area contributed by atoms with Crippen molar-refractivity contribution in [1.82, 2.24) is 10.3 Å². The molecule has 2 aromatic carbocycles. The Hall–Kier alpha value is -2.43. The van der Waals surface area contributed by atoms with Crippen LogP contribution in [-0.2, 0) is 0 Å². The van der Waals surface area contributed by atoms with Gasteiger partial charge in [-0.05, 0) is 30.7 Å². The summed E-state index contributed by atoms with van der Waals surface area (Å²) in [4.78, 5) is 20.5. The minimum atomic E-state index is 0.0422. The van der Waals surface area contributed by atoms with Gasteiger partial charge in [0.2, 0.25) is 0 Å². The van der Waals surface area contributed by atoms with E-state index < -0.39 is 0 Å². The lowest BCUT2D eigenvalue weighted by Gasteiger charge is -2.34. The van der Waals surface area contributed by atoms with Crippen LogP contribution in [0.5, 0.6) is 0 Å². The number of para-hydroxylation sites is 1. The molecule has 1 fully saturated rings. The number of hydrogen-bond donors (Lipinski definition) is 1. The fraction of sp³-hybridized carbons (Fsp3) is 0.238. The third-order valence-corrected chi connectivity index (χ3v) is 5.50. The first kappa shape index (κ1) is 15.8. The Morgan fingerprint density at radius 3 is 2.85 bits per heavy atom. The monoisotopic (exact) mass is 363 g/mol. The van der Waals surface area contributed by atoms with Gasteiger partial charge in [-0.2, -0.15) is 0 Å². The van der Waals surface area contributed by atoms with E-state index in [4.69, 9.17) is 16.6 Å². The number of nitrogens with zero attached hydrogens (tertiary/aromatic N) is 2. The summed E-state index contributed by atoms with van der Waals surface area (Å²) >= 11 is 6.17. The molecule has 2 aliphatic rings. The number of fused-ring (bicyclic) bond motifs is 5. The maximum Gasteiger partial charge on any atom is 0.195 e. The molecule has 5 heteroatoms. The Bertz CT molecular complexity index is 1060. The van der Waals surface area contributed by atoms with Crippen LogP contribution >= 0.6 is 11.6 Å². The molecule has 130 valence electrons. The second-order valence-corrected chi connectivity index (χ2v) is 7.46. The third-order valence-electron chi connectivity index (χ3n) is 5.26. The van der Waals surface area contributed by atoms with Crippen molar-refractivity contribution in [3.05, 3.63) is 58.6 Å². The second kappa shape index (κ2) is 5.79. The molecular formula is C21H18ClN3O. The number of rotatable bonds is 1. The molecule has 4 nitrogen and oxygen atoms in total. The molecule has 0 saturated carbocycles. The lowest BCUT2D eigenvalue weighted by atomic mass is 10.0. The molecule has 26 heavy (non-hydrogen) atoms. The average molecular weight is 364 g/mol. The van der Waals surface area contributed by atoms with Crippen LogP contribution < -0.4 is 10.2 Å². The van der Waals surface area contributed by atoms with Gasteiger partial charge in [-0.3, -0.25) is 4.79 Å². The molecule has 5 rings (SSSR count). The normalized spacial score (nSPS) is 18.9. The number of carbonyl (C=O) groups is 1. The van der Waals surface area contributed by atoms with E-state index in [1.54, 1.807) is 6.07 Å². The van der Waals surface area contributed by atoms with Gasteiger partial charge in [0, 0.05) is 52.8 Å². The predicted octanol–water partition coefficient (Wildman–Crippen LogP) is 3.90. The van der Waals surface area contributed by atoms with Crippen molar-refractivity contribution in [3.63, 3.8) is 0 Å². The predicted molar refractivity (Wildman–Crippen MR) is 105 cm³/mol. The molecule has 1 aliphatic carbocycles. The topological polar surface area (TPSA) is 45.2 Å². The SMILES string of the molecule is CC1CN(c2nc3ccccc3c3c2-c2ccc(Cl)cc2C3=O)CCN1. The first-order valence-corrected chi connectivity index (χ1v) is 9.27. The first-order valence-electron chi connectivity index (χ1n) is 8.89. The number of piperazine rings is 1. The Balaban J connectivity index is 1.83. The number of halogens is 1. The zero-order valence-corrected chi connectivity index (χ0v) is 15.2. The molecule has 1 aromatic heterocycles. The quantitative estimate of drug-likeness (QED) is 0.557. The number of carbonyl (C=O) groups excluding carboxylic acids is 1. The van der Waals surface area contributed by atoms with Crippen LogP contribution in [0.15, 0.2) is 42.5 Å². The maximum absolute atomic E-state index is 13.2. The molecule has 2 heterocycles. The Morgan fingerprint density at radius 1 is 1.15 bits per heavy atom. The standard InChI is InChI=1S/C21H18ClN3O/c1-12-11-25(9-8-23-12)21-19-14-7-6-13(22)10-16(14)20(26)18(19)15-4-2-3-5-17(15)24-21/h2-7,10,12,23H,8-9,11H2,1H3. The van der Waals surface area contributed by atoms with Crippen molar-refractivity contribution in [3.8, 4) is 11.1 Å². The van der Waals surface area contributed by atoms with E-state index in [-0.39, 0.29) is 5.78 Å². The first-order chi connectivity index (χ1) is 12.6. The van der Waals surface area contributed by atoms with Crippen molar-refractivity contribution in [2.75, 3.05) is 24.5 Å². The van der Waals surface area contributed by atoms with Crippen LogP contribution in [0.25, 0.3) is 22.0 Å². The lowest BCUT2D eigenvalue weighted by Crippen LogP contribution is -2.49. The van der Waals surface area contributed by atoms with Crippen LogP contribution in [0.3, 0.4) is 0 Å². The highest BCUT2D eigenvalue weighted by Crippen LogP contribution is 2.45. The zero-order valence-electron chi connectivity index (χ0n) is 14.4. The fourth-order valence-electron chi connectivity index (χ4n) is 4.10. The summed E-state index contributed by atoms with van der Waals surface area (Å²) in [5.74, 6) is 0.946. The highest BCUT2D eigenvalue weighted by molar-refractivity contribution is 6.33. The van der Waals surface area contributed by atoms with E-state index >= 15 is 0 Å². The summed E-state index contributed by atoms with van der Waals surface area (Å²) in [6.45, 7) is 4.83. The van der Waals surface area contributed by atoms with Gasteiger partial charge in [0.15, 0.2) is 5.78 Å². The van der Waals surface area contributed by atoms with Gasteiger partial charge in [0.25, 0.3) is 0 Å². The van der Waals surface area contributed by atoms with Crippen molar-refractivity contribution in [2.24, 2.45) is 0 Å².